The van der Waals surface area contributed by atoms with Crippen LogP contribution in [0.15, 0.2) is 38.6 Å². The Labute approximate surface area is 192 Å². The minimum Gasteiger partial charge on any atom is -0.370 e. The number of hydrogen-bond acceptors (Lipinski definition) is 3. The number of nitrogens with zero attached hydrogens (tertiary/aromatic N) is 2. The molecule has 1 aromatic carbocycles. The van der Waals surface area contributed by atoms with E-state index in [-0.39, 0.29) is 34.6 Å². The molecule has 8 heteroatoms. The van der Waals surface area contributed by atoms with Crippen LogP contribution < -0.4 is 11.1 Å². The lowest BCUT2D eigenvalue weighted by atomic mass is 9.95. The summed E-state index contributed by atoms with van der Waals surface area (Å²) in [5, 5.41) is 3.51. The van der Waals surface area contributed by atoms with Crippen molar-refractivity contribution >= 4 is 63.5 Å². The van der Waals surface area contributed by atoms with Crippen molar-refractivity contribution in [1.82, 2.24) is 10.2 Å². The first-order valence-corrected chi connectivity index (χ1v) is 10.6. The summed E-state index contributed by atoms with van der Waals surface area (Å²) in [4.78, 5) is 19.2. The molecule has 0 aliphatic carbocycles. The minimum atomic E-state index is -0.216. The number of piperidine rings is 1. The van der Waals surface area contributed by atoms with Crippen LogP contribution in [0.4, 0.5) is 0 Å². The predicted octanol–water partition coefficient (Wildman–Crippen LogP) is 4.10. The van der Waals surface area contributed by atoms with Crippen molar-refractivity contribution in [3.63, 3.8) is 0 Å². The van der Waals surface area contributed by atoms with Gasteiger partial charge in [-0.3, -0.25) is 9.79 Å². The molecule has 1 unspecified atom stereocenters. The molecule has 27 heavy (non-hydrogen) atoms. The first kappa shape index (κ1) is 24.6. The highest BCUT2D eigenvalue weighted by Crippen LogP contribution is 2.32. The molecule has 0 saturated carbocycles. The molecule has 1 saturated heterocycles. The summed E-state index contributed by atoms with van der Waals surface area (Å²) in [6, 6.07) is 8.39. The van der Waals surface area contributed by atoms with Crippen molar-refractivity contribution < 1.29 is 4.79 Å². The van der Waals surface area contributed by atoms with E-state index < -0.39 is 0 Å². The summed E-state index contributed by atoms with van der Waals surface area (Å²) in [5.41, 5.74) is 5.37. The van der Waals surface area contributed by atoms with Crippen molar-refractivity contribution in [2.75, 3.05) is 26.7 Å². The van der Waals surface area contributed by atoms with Gasteiger partial charge in [-0.25, -0.2) is 0 Å². The van der Waals surface area contributed by atoms with Gasteiger partial charge in [0.15, 0.2) is 5.96 Å². The molecular weight excluding hydrogens is 539 g/mol. The molecule has 2 rings (SSSR count). The number of primary amides is 1. The van der Waals surface area contributed by atoms with E-state index in [2.05, 4.69) is 69.3 Å². The quantitative estimate of drug-likeness (QED) is 0.235. The third-order valence-electron chi connectivity index (χ3n) is 4.40. The zero-order chi connectivity index (χ0) is 19.2. The topological polar surface area (TPSA) is 70.7 Å². The maximum Gasteiger partial charge on any atom is 0.217 e. The number of nitrogens with one attached hydrogen (secondary N) is 1. The van der Waals surface area contributed by atoms with E-state index in [1.165, 1.54) is 4.90 Å². The maximum atomic E-state index is 11.2. The zero-order valence-electron chi connectivity index (χ0n) is 16.2. The number of benzene rings is 1. The van der Waals surface area contributed by atoms with Gasteiger partial charge in [-0.2, -0.15) is 0 Å². The largest absolute Gasteiger partial charge is 0.370 e. The summed E-state index contributed by atoms with van der Waals surface area (Å²) < 4.78 is 1.11. The van der Waals surface area contributed by atoms with Gasteiger partial charge in [0.05, 0.1) is 0 Å². The fraction of sp³-hybridized carbons (Fsp3) is 0.579. The highest BCUT2D eigenvalue weighted by atomic mass is 127. The third kappa shape index (κ3) is 8.60. The highest BCUT2D eigenvalue weighted by Gasteiger charge is 2.25. The molecule has 1 aliphatic heterocycles. The van der Waals surface area contributed by atoms with E-state index >= 15 is 0 Å². The van der Waals surface area contributed by atoms with Crippen LogP contribution in [0.1, 0.15) is 33.1 Å². The van der Waals surface area contributed by atoms with Crippen molar-refractivity contribution in [2.45, 2.75) is 42.8 Å². The average molecular weight is 569 g/mol. The number of nitrogens with two attached hydrogens (primary N) is 1. The van der Waals surface area contributed by atoms with Crippen LogP contribution in [0, 0.1) is 5.92 Å². The number of rotatable bonds is 6. The summed E-state index contributed by atoms with van der Waals surface area (Å²) in [6.45, 7) is 7.06. The Morgan fingerprint density at radius 2 is 2.07 bits per heavy atom. The fourth-order valence-electron chi connectivity index (χ4n) is 3.19. The molecule has 1 aromatic rings. The molecular formula is C19H30BrIN4OS. The van der Waals surface area contributed by atoms with Crippen molar-refractivity contribution in [3.8, 4) is 0 Å². The second-order valence-electron chi connectivity index (χ2n) is 7.34. The van der Waals surface area contributed by atoms with Gasteiger partial charge in [0, 0.05) is 47.2 Å². The van der Waals surface area contributed by atoms with E-state index in [1.807, 2.05) is 18.8 Å². The molecule has 1 heterocycles. The molecule has 0 radical (unpaired) electrons. The molecule has 0 spiro atoms. The van der Waals surface area contributed by atoms with Gasteiger partial charge in [0.1, 0.15) is 0 Å². The lowest BCUT2D eigenvalue weighted by Gasteiger charge is -2.36. The van der Waals surface area contributed by atoms with E-state index in [0.717, 1.165) is 42.9 Å². The van der Waals surface area contributed by atoms with E-state index in [0.29, 0.717) is 12.3 Å². The fourth-order valence-corrected chi connectivity index (χ4v) is 4.51. The number of likely N-dealkylation sites (tertiary alicyclic amines) is 1. The van der Waals surface area contributed by atoms with Crippen LogP contribution in [-0.2, 0) is 4.79 Å². The van der Waals surface area contributed by atoms with Crippen LogP contribution in [-0.4, -0.2) is 48.2 Å². The maximum absolute atomic E-state index is 11.2. The SMILES string of the molecule is CN=C(NCC(C)(C)Sc1ccc(Br)cc1)N1CCCC(CC(N)=O)C1.I. The second-order valence-corrected chi connectivity index (χ2v) is 10.0. The number of thioether (sulfide) groups is 1. The molecule has 0 aromatic heterocycles. The number of halogens is 2. The van der Waals surface area contributed by atoms with Crippen LogP contribution in [0.3, 0.4) is 0 Å². The zero-order valence-corrected chi connectivity index (χ0v) is 20.9. The monoisotopic (exact) mass is 568 g/mol. The minimum absolute atomic E-state index is 0. The standard InChI is InChI=1S/C19H29BrN4OS.HI/c1-19(2,26-16-8-6-15(20)7-9-16)13-23-18(22-3)24-10-4-5-14(12-24)11-17(21)25;/h6-9,14H,4-5,10-13H2,1-3H3,(H2,21,25)(H,22,23);1H. The smallest absolute Gasteiger partial charge is 0.217 e. The predicted molar refractivity (Wildman–Crippen MR) is 129 cm³/mol. The van der Waals surface area contributed by atoms with Crippen molar-refractivity contribution in [3.05, 3.63) is 28.7 Å². The Kier molecular flexibility index (Phi) is 10.5. The van der Waals surface area contributed by atoms with Crippen molar-refractivity contribution in [2.24, 2.45) is 16.6 Å². The van der Waals surface area contributed by atoms with Gasteiger partial charge in [-0.05, 0) is 56.9 Å². The number of carbonyl (C=O) groups is 1. The number of amides is 1. The van der Waals surface area contributed by atoms with E-state index in [4.69, 9.17) is 5.73 Å². The second kappa shape index (κ2) is 11.5. The normalized spacial score (nSPS) is 18.0. The van der Waals surface area contributed by atoms with Gasteiger partial charge in [0.2, 0.25) is 5.91 Å². The molecule has 1 atom stereocenters. The first-order chi connectivity index (χ1) is 12.3. The summed E-state index contributed by atoms with van der Waals surface area (Å²) in [7, 11) is 1.81. The highest BCUT2D eigenvalue weighted by molar-refractivity contribution is 14.0. The van der Waals surface area contributed by atoms with E-state index in [1.54, 1.807) is 0 Å². The summed E-state index contributed by atoms with van der Waals surface area (Å²) >= 11 is 5.32. The van der Waals surface area contributed by atoms with Crippen molar-refractivity contribution in [1.29, 1.82) is 0 Å². The molecule has 5 nitrogen and oxygen atoms in total. The molecule has 1 fully saturated rings. The van der Waals surface area contributed by atoms with Crippen LogP contribution in [0.2, 0.25) is 0 Å². The number of hydrogen-bond donors (Lipinski definition) is 2. The van der Waals surface area contributed by atoms with Gasteiger partial charge in [-0.15, -0.1) is 35.7 Å². The first-order valence-electron chi connectivity index (χ1n) is 8.97. The van der Waals surface area contributed by atoms with Gasteiger partial charge < -0.3 is 16.0 Å². The van der Waals surface area contributed by atoms with Crippen LogP contribution >= 0.6 is 51.7 Å². The van der Waals surface area contributed by atoms with Crippen LogP contribution in [0.5, 0.6) is 0 Å². The van der Waals surface area contributed by atoms with Gasteiger partial charge >= 0.3 is 0 Å². The molecule has 152 valence electrons. The lowest BCUT2D eigenvalue weighted by Crippen LogP contribution is -2.49. The van der Waals surface area contributed by atoms with Gasteiger partial charge in [-0.1, -0.05) is 15.9 Å². The summed E-state index contributed by atoms with van der Waals surface area (Å²) in [5.74, 6) is 1.01. The Morgan fingerprint density at radius 1 is 1.41 bits per heavy atom. The average Bonchev–Trinajstić information content (AvgIpc) is 2.57. The molecule has 0 bridgehead atoms. The molecule has 3 N–H and O–H groups in total. The summed E-state index contributed by atoms with van der Waals surface area (Å²) in [6.07, 6.45) is 2.58. The molecule has 1 aliphatic rings. The van der Waals surface area contributed by atoms with E-state index in [9.17, 15) is 4.79 Å². The van der Waals surface area contributed by atoms with Gasteiger partial charge in [0.25, 0.3) is 0 Å². The van der Waals surface area contributed by atoms with Crippen LogP contribution in [0.25, 0.3) is 0 Å². The lowest BCUT2D eigenvalue weighted by molar-refractivity contribution is -0.119. The Morgan fingerprint density at radius 3 is 2.67 bits per heavy atom. The Hall–Kier alpha value is -0.480. The Balaban J connectivity index is 0.00000364. The molecule has 1 amide bonds. The Bertz CT molecular complexity index is 639. The number of guanidine groups is 1. The third-order valence-corrected chi connectivity index (χ3v) is 6.13. The number of aliphatic imine (C=N–C) groups is 1. The number of carbonyl (C=O) groups excluding carboxylic acids is 1.